The van der Waals surface area contributed by atoms with E-state index >= 15 is 0 Å². The predicted octanol–water partition coefficient (Wildman–Crippen LogP) is 2.51. The molecule has 1 N–H and O–H groups in total. The minimum Gasteiger partial charge on any atom is -0.481 e. The van der Waals surface area contributed by atoms with Gasteiger partial charge in [0, 0.05) is 24.9 Å². The van der Waals surface area contributed by atoms with Gasteiger partial charge in [0.1, 0.15) is 0 Å². The second-order valence-electron chi connectivity index (χ2n) is 3.65. The normalized spacial score (nSPS) is 10.3. The fraction of sp³-hybridized carbons (Fsp3) is 0.167. The number of ether oxygens (including phenoxy) is 1. The van der Waals surface area contributed by atoms with Gasteiger partial charge in [-0.15, -0.1) is 0 Å². The van der Waals surface area contributed by atoms with Crippen molar-refractivity contribution < 1.29 is 17.9 Å². The molecule has 0 spiro atoms. The average molecular weight is 269 g/mol. The molecule has 0 unspecified atom stereocenters. The second-order valence-corrected chi connectivity index (χ2v) is 3.65. The SMILES string of the molecule is COc1cc(CNc2nc(F)c(F)cc2F)ccn1. The highest BCUT2D eigenvalue weighted by atomic mass is 19.2. The molecule has 2 heterocycles. The molecule has 0 fully saturated rings. The van der Waals surface area contributed by atoms with E-state index in [1.54, 1.807) is 12.1 Å². The van der Waals surface area contributed by atoms with Crippen molar-refractivity contribution in [2.75, 3.05) is 12.4 Å². The Balaban J connectivity index is 2.12. The summed E-state index contributed by atoms with van der Waals surface area (Å²) < 4.78 is 43.8. The molecule has 0 aliphatic rings. The highest BCUT2D eigenvalue weighted by Gasteiger charge is 2.11. The van der Waals surface area contributed by atoms with Gasteiger partial charge in [0.05, 0.1) is 7.11 Å². The number of aromatic nitrogens is 2. The van der Waals surface area contributed by atoms with E-state index in [9.17, 15) is 13.2 Å². The molecular weight excluding hydrogens is 259 g/mol. The molecular formula is C12H10F3N3O. The summed E-state index contributed by atoms with van der Waals surface area (Å²) in [6.07, 6.45) is 1.52. The number of hydrogen-bond donors (Lipinski definition) is 1. The van der Waals surface area contributed by atoms with Crippen LogP contribution in [0.4, 0.5) is 19.0 Å². The number of nitrogens with zero attached hydrogens (tertiary/aromatic N) is 2. The molecule has 0 saturated carbocycles. The summed E-state index contributed by atoms with van der Waals surface area (Å²) in [4.78, 5) is 7.06. The van der Waals surface area contributed by atoms with E-state index < -0.39 is 17.6 Å². The first-order valence-electron chi connectivity index (χ1n) is 5.34. The zero-order valence-electron chi connectivity index (χ0n) is 9.95. The maximum absolute atomic E-state index is 13.3. The zero-order chi connectivity index (χ0) is 13.8. The van der Waals surface area contributed by atoms with Crippen molar-refractivity contribution in [1.82, 2.24) is 9.97 Å². The Morgan fingerprint density at radius 3 is 2.74 bits per heavy atom. The lowest BCUT2D eigenvalue weighted by Gasteiger charge is -2.07. The standard InChI is InChI=1S/C12H10F3N3O/c1-19-10-4-7(2-3-16-10)6-17-12-9(14)5-8(13)11(15)18-12/h2-5H,6H2,1H3,(H,17,18). The number of methoxy groups -OCH3 is 1. The van der Waals surface area contributed by atoms with Crippen molar-refractivity contribution >= 4 is 5.82 Å². The number of hydrogen-bond acceptors (Lipinski definition) is 4. The average Bonchev–Trinajstić information content (AvgIpc) is 2.41. The monoisotopic (exact) mass is 269 g/mol. The van der Waals surface area contributed by atoms with Crippen LogP contribution < -0.4 is 10.1 Å². The van der Waals surface area contributed by atoms with Crippen LogP contribution in [0, 0.1) is 17.6 Å². The first-order valence-corrected chi connectivity index (χ1v) is 5.34. The van der Waals surface area contributed by atoms with E-state index in [-0.39, 0.29) is 12.4 Å². The van der Waals surface area contributed by atoms with E-state index in [4.69, 9.17) is 4.74 Å². The number of anilines is 1. The summed E-state index contributed by atoms with van der Waals surface area (Å²) in [6, 6.07) is 3.75. The Bertz CT molecular complexity index is 592. The Morgan fingerprint density at radius 1 is 1.21 bits per heavy atom. The largest absolute Gasteiger partial charge is 0.481 e. The number of rotatable bonds is 4. The van der Waals surface area contributed by atoms with Crippen LogP contribution in [0.25, 0.3) is 0 Å². The van der Waals surface area contributed by atoms with Gasteiger partial charge in [-0.3, -0.25) is 0 Å². The van der Waals surface area contributed by atoms with Crippen molar-refractivity contribution in [1.29, 1.82) is 0 Å². The summed E-state index contributed by atoms with van der Waals surface area (Å²) in [7, 11) is 1.47. The molecule has 2 aromatic heterocycles. The van der Waals surface area contributed by atoms with E-state index in [1.165, 1.54) is 13.3 Å². The van der Waals surface area contributed by atoms with Gasteiger partial charge < -0.3 is 10.1 Å². The lowest BCUT2D eigenvalue weighted by atomic mass is 10.2. The van der Waals surface area contributed by atoms with Crippen LogP contribution in [0.2, 0.25) is 0 Å². The third-order valence-electron chi connectivity index (χ3n) is 2.36. The summed E-state index contributed by atoms with van der Waals surface area (Å²) in [6.45, 7) is 0.174. The fourth-order valence-corrected chi connectivity index (χ4v) is 1.43. The number of nitrogens with one attached hydrogen (secondary N) is 1. The van der Waals surface area contributed by atoms with Crippen molar-refractivity contribution in [2.24, 2.45) is 0 Å². The first-order chi connectivity index (χ1) is 9.10. The molecule has 100 valence electrons. The van der Waals surface area contributed by atoms with Gasteiger partial charge in [0.25, 0.3) is 5.95 Å². The molecule has 0 aliphatic heterocycles. The van der Waals surface area contributed by atoms with Crippen LogP contribution in [-0.2, 0) is 6.54 Å². The molecule has 0 atom stereocenters. The maximum atomic E-state index is 13.3. The summed E-state index contributed by atoms with van der Waals surface area (Å²) in [5.74, 6) is -3.59. The lowest BCUT2D eigenvalue weighted by molar-refractivity contribution is 0.397. The van der Waals surface area contributed by atoms with Crippen LogP contribution in [0.1, 0.15) is 5.56 Å². The molecule has 2 rings (SSSR count). The minimum atomic E-state index is -1.35. The molecule has 0 radical (unpaired) electrons. The number of pyridine rings is 2. The molecule has 19 heavy (non-hydrogen) atoms. The van der Waals surface area contributed by atoms with Crippen LogP contribution in [0.15, 0.2) is 24.4 Å². The van der Waals surface area contributed by atoms with E-state index in [2.05, 4.69) is 15.3 Å². The molecule has 7 heteroatoms. The van der Waals surface area contributed by atoms with E-state index in [0.717, 1.165) is 5.56 Å². The summed E-state index contributed by atoms with van der Waals surface area (Å²) in [5, 5.41) is 2.57. The smallest absolute Gasteiger partial charge is 0.251 e. The van der Waals surface area contributed by atoms with Crippen LogP contribution >= 0.6 is 0 Å². The van der Waals surface area contributed by atoms with Gasteiger partial charge in [0.15, 0.2) is 17.5 Å². The Hall–Kier alpha value is -2.31. The van der Waals surface area contributed by atoms with Gasteiger partial charge in [-0.05, 0) is 11.6 Å². The molecule has 0 saturated heterocycles. The van der Waals surface area contributed by atoms with Gasteiger partial charge in [-0.1, -0.05) is 0 Å². The van der Waals surface area contributed by atoms with Crippen LogP contribution in [0.3, 0.4) is 0 Å². The second kappa shape index (κ2) is 5.55. The molecule has 0 aliphatic carbocycles. The molecule has 2 aromatic rings. The topological polar surface area (TPSA) is 47.0 Å². The quantitative estimate of drug-likeness (QED) is 0.866. The van der Waals surface area contributed by atoms with Gasteiger partial charge >= 0.3 is 0 Å². The van der Waals surface area contributed by atoms with E-state index in [1.807, 2.05) is 0 Å². The summed E-state index contributed by atoms with van der Waals surface area (Å²) >= 11 is 0. The fourth-order valence-electron chi connectivity index (χ4n) is 1.43. The highest BCUT2D eigenvalue weighted by Crippen LogP contribution is 2.16. The van der Waals surface area contributed by atoms with Crippen molar-refractivity contribution in [3.05, 3.63) is 47.5 Å². The van der Waals surface area contributed by atoms with Gasteiger partial charge in [0.2, 0.25) is 5.88 Å². The van der Waals surface area contributed by atoms with E-state index in [0.29, 0.717) is 11.9 Å². The van der Waals surface area contributed by atoms with Crippen LogP contribution in [-0.4, -0.2) is 17.1 Å². The lowest BCUT2D eigenvalue weighted by Crippen LogP contribution is -2.06. The molecule has 4 nitrogen and oxygen atoms in total. The minimum absolute atomic E-state index is 0.174. The molecule has 0 aromatic carbocycles. The Morgan fingerprint density at radius 2 is 2.00 bits per heavy atom. The van der Waals surface area contributed by atoms with Crippen LogP contribution in [0.5, 0.6) is 5.88 Å². The first kappa shape index (κ1) is 13.1. The molecule has 0 amide bonds. The third kappa shape index (κ3) is 3.12. The number of halogens is 3. The van der Waals surface area contributed by atoms with Crippen molar-refractivity contribution in [2.45, 2.75) is 6.54 Å². The highest BCUT2D eigenvalue weighted by molar-refractivity contribution is 5.37. The summed E-state index contributed by atoms with van der Waals surface area (Å²) in [5.41, 5.74) is 0.734. The van der Waals surface area contributed by atoms with Gasteiger partial charge in [-0.2, -0.15) is 9.37 Å². The molecule has 0 bridgehead atoms. The predicted molar refractivity (Wildman–Crippen MR) is 62.2 cm³/mol. The third-order valence-corrected chi connectivity index (χ3v) is 2.36. The van der Waals surface area contributed by atoms with Gasteiger partial charge in [-0.25, -0.2) is 13.8 Å². The van der Waals surface area contributed by atoms with Crippen molar-refractivity contribution in [3.63, 3.8) is 0 Å². The Labute approximate surface area is 107 Å². The zero-order valence-corrected chi connectivity index (χ0v) is 9.95. The Kier molecular flexibility index (Phi) is 3.84. The van der Waals surface area contributed by atoms with Crippen molar-refractivity contribution in [3.8, 4) is 5.88 Å². The maximum Gasteiger partial charge on any atom is 0.251 e.